The van der Waals surface area contributed by atoms with Gasteiger partial charge in [0, 0.05) is 12.0 Å². The van der Waals surface area contributed by atoms with Gasteiger partial charge in [-0.1, -0.05) is 31.1 Å². The molecule has 0 saturated heterocycles. The van der Waals surface area contributed by atoms with Crippen molar-refractivity contribution < 1.29 is 9.63 Å². The van der Waals surface area contributed by atoms with Gasteiger partial charge in [-0.05, 0) is 38.1 Å². The van der Waals surface area contributed by atoms with Crippen molar-refractivity contribution in [2.75, 3.05) is 7.05 Å². The number of benzene rings is 1. The molecular formula is C16H23N3O2. The highest BCUT2D eigenvalue weighted by Crippen LogP contribution is 2.15. The molecule has 114 valence electrons. The Morgan fingerprint density at radius 3 is 2.43 bits per heavy atom. The molecule has 5 heteroatoms. The number of nitrogens with zero attached hydrogens (tertiary/aromatic N) is 3. The zero-order valence-electron chi connectivity index (χ0n) is 13.1. The number of hydrogen-bond donors (Lipinski definition) is 1. The van der Waals surface area contributed by atoms with Gasteiger partial charge in [-0.3, -0.25) is 4.90 Å². The van der Waals surface area contributed by atoms with Crippen LogP contribution in [-0.4, -0.2) is 33.2 Å². The summed E-state index contributed by atoms with van der Waals surface area (Å²) in [6.45, 7) is 6.89. The van der Waals surface area contributed by atoms with Crippen LogP contribution in [0.25, 0.3) is 0 Å². The van der Waals surface area contributed by atoms with E-state index in [1.165, 1.54) is 5.56 Å². The van der Waals surface area contributed by atoms with E-state index >= 15 is 0 Å². The van der Waals surface area contributed by atoms with Crippen molar-refractivity contribution in [1.82, 2.24) is 15.0 Å². The second-order valence-electron chi connectivity index (χ2n) is 5.84. The fourth-order valence-corrected chi connectivity index (χ4v) is 2.06. The van der Waals surface area contributed by atoms with E-state index < -0.39 is 0 Å². The summed E-state index contributed by atoms with van der Waals surface area (Å²) in [4.78, 5) is 6.58. The van der Waals surface area contributed by atoms with Crippen molar-refractivity contribution >= 4 is 0 Å². The van der Waals surface area contributed by atoms with Gasteiger partial charge in [0.25, 0.3) is 0 Å². The van der Waals surface area contributed by atoms with Crippen LogP contribution in [0, 0.1) is 0 Å². The quantitative estimate of drug-likeness (QED) is 0.885. The Bertz CT molecular complexity index is 563. The third kappa shape index (κ3) is 4.29. The third-order valence-electron chi connectivity index (χ3n) is 3.60. The van der Waals surface area contributed by atoms with E-state index in [1.54, 1.807) is 12.1 Å². The van der Waals surface area contributed by atoms with E-state index in [1.807, 2.05) is 33.0 Å². The Morgan fingerprint density at radius 1 is 1.19 bits per heavy atom. The fourth-order valence-electron chi connectivity index (χ4n) is 2.06. The summed E-state index contributed by atoms with van der Waals surface area (Å²) in [5.41, 5.74) is 1.19. The van der Waals surface area contributed by atoms with Gasteiger partial charge in [-0.2, -0.15) is 4.98 Å². The minimum absolute atomic E-state index is 0.280. The zero-order chi connectivity index (χ0) is 15.4. The van der Waals surface area contributed by atoms with E-state index in [0.29, 0.717) is 24.2 Å². The van der Waals surface area contributed by atoms with E-state index in [9.17, 15) is 5.11 Å². The molecule has 0 fully saturated rings. The number of phenols is 1. The van der Waals surface area contributed by atoms with Crippen molar-refractivity contribution in [2.24, 2.45) is 0 Å². The number of likely N-dealkylation sites (N-methyl/N-ethyl adjacent to an activating group) is 1. The summed E-state index contributed by atoms with van der Waals surface area (Å²) in [5.74, 6) is 1.98. The van der Waals surface area contributed by atoms with Crippen LogP contribution in [0.3, 0.4) is 0 Å². The zero-order valence-corrected chi connectivity index (χ0v) is 13.1. The monoisotopic (exact) mass is 289 g/mol. The van der Waals surface area contributed by atoms with Crippen molar-refractivity contribution in [3.63, 3.8) is 0 Å². The van der Waals surface area contributed by atoms with E-state index in [0.717, 1.165) is 12.2 Å². The number of hydrogen-bond acceptors (Lipinski definition) is 5. The molecule has 2 rings (SSSR count). The molecule has 5 nitrogen and oxygen atoms in total. The van der Waals surface area contributed by atoms with E-state index in [4.69, 9.17) is 4.52 Å². The van der Waals surface area contributed by atoms with Gasteiger partial charge >= 0.3 is 0 Å². The van der Waals surface area contributed by atoms with Crippen molar-refractivity contribution in [1.29, 1.82) is 0 Å². The van der Waals surface area contributed by atoms with Crippen LogP contribution < -0.4 is 0 Å². The summed E-state index contributed by atoms with van der Waals surface area (Å²) < 4.78 is 5.28. The highest BCUT2D eigenvalue weighted by atomic mass is 16.5. The summed E-state index contributed by atoms with van der Waals surface area (Å²) in [5, 5.41) is 13.3. The lowest BCUT2D eigenvalue weighted by molar-refractivity contribution is 0.213. The van der Waals surface area contributed by atoms with Gasteiger partial charge in [-0.15, -0.1) is 0 Å². The Kier molecular flexibility index (Phi) is 4.96. The summed E-state index contributed by atoms with van der Waals surface area (Å²) in [7, 11) is 2.05. The lowest BCUT2D eigenvalue weighted by Crippen LogP contribution is -2.30. The van der Waals surface area contributed by atoms with Crippen LogP contribution in [0.4, 0.5) is 0 Å². The van der Waals surface area contributed by atoms with Gasteiger partial charge in [0.15, 0.2) is 5.82 Å². The lowest BCUT2D eigenvalue weighted by Gasteiger charge is -2.23. The molecule has 1 aromatic heterocycles. The molecule has 0 amide bonds. The molecule has 0 radical (unpaired) electrons. The van der Waals surface area contributed by atoms with Gasteiger partial charge in [0.1, 0.15) is 5.75 Å². The molecule has 0 spiro atoms. The van der Waals surface area contributed by atoms with Crippen molar-refractivity contribution in [3.8, 4) is 5.75 Å². The van der Waals surface area contributed by atoms with Gasteiger partial charge in [0.05, 0.1) is 6.54 Å². The maximum Gasteiger partial charge on any atom is 0.240 e. The van der Waals surface area contributed by atoms with Crippen LogP contribution in [0.1, 0.15) is 44.0 Å². The molecule has 1 atom stereocenters. The summed E-state index contributed by atoms with van der Waals surface area (Å²) >= 11 is 0. The maximum absolute atomic E-state index is 9.30. The Morgan fingerprint density at radius 2 is 1.86 bits per heavy atom. The molecule has 0 aliphatic rings. The molecule has 0 unspecified atom stereocenters. The molecular weight excluding hydrogens is 266 g/mol. The third-order valence-corrected chi connectivity index (χ3v) is 3.60. The second-order valence-corrected chi connectivity index (χ2v) is 5.84. The maximum atomic E-state index is 9.30. The smallest absolute Gasteiger partial charge is 0.240 e. The second kappa shape index (κ2) is 6.72. The molecule has 21 heavy (non-hydrogen) atoms. The first-order chi connectivity index (χ1) is 9.95. The molecule has 0 saturated carbocycles. The van der Waals surface area contributed by atoms with E-state index in [-0.39, 0.29) is 5.92 Å². The minimum atomic E-state index is 0.280. The molecule has 0 aliphatic heterocycles. The first-order valence-electron chi connectivity index (χ1n) is 7.26. The number of phenolic OH excluding ortho intramolecular Hbond substituents is 1. The molecule has 1 N–H and O–H groups in total. The van der Waals surface area contributed by atoms with Crippen LogP contribution in [0.5, 0.6) is 5.75 Å². The number of aromatic nitrogens is 2. The Hall–Kier alpha value is -1.88. The normalized spacial score (nSPS) is 13.0. The standard InChI is InChI=1S/C16H23N3O2/c1-11(2)16-17-15(21-18-16)10-19(4)12(3)9-13-5-7-14(20)8-6-13/h5-8,11-12,20H,9-10H2,1-4H3/t12-/m1/s1. The van der Waals surface area contributed by atoms with Gasteiger partial charge in [0.2, 0.25) is 5.89 Å². The minimum Gasteiger partial charge on any atom is -0.508 e. The SMILES string of the molecule is CC(C)c1noc(CN(C)[C@H](C)Cc2ccc(O)cc2)n1. The number of rotatable bonds is 6. The first-order valence-corrected chi connectivity index (χ1v) is 7.26. The first kappa shape index (κ1) is 15.5. The molecule has 1 aromatic carbocycles. The topological polar surface area (TPSA) is 62.4 Å². The molecule has 1 heterocycles. The highest BCUT2D eigenvalue weighted by molar-refractivity contribution is 5.26. The van der Waals surface area contributed by atoms with Crippen molar-refractivity contribution in [3.05, 3.63) is 41.5 Å². The molecule has 0 aliphatic carbocycles. The van der Waals surface area contributed by atoms with Crippen LogP contribution in [0.15, 0.2) is 28.8 Å². The van der Waals surface area contributed by atoms with Crippen LogP contribution >= 0.6 is 0 Å². The Labute approximate surface area is 125 Å². The average molecular weight is 289 g/mol. The van der Waals surface area contributed by atoms with Crippen molar-refractivity contribution in [2.45, 2.75) is 45.7 Å². The Balaban J connectivity index is 1.92. The van der Waals surface area contributed by atoms with E-state index in [2.05, 4.69) is 22.0 Å². The number of aromatic hydroxyl groups is 1. The average Bonchev–Trinajstić information content (AvgIpc) is 2.90. The summed E-state index contributed by atoms with van der Waals surface area (Å²) in [6.07, 6.45) is 0.905. The largest absolute Gasteiger partial charge is 0.508 e. The summed E-state index contributed by atoms with van der Waals surface area (Å²) in [6, 6.07) is 7.67. The highest BCUT2D eigenvalue weighted by Gasteiger charge is 2.15. The van der Waals surface area contributed by atoms with Gasteiger partial charge in [-0.25, -0.2) is 0 Å². The molecule has 2 aromatic rings. The van der Waals surface area contributed by atoms with Crippen LogP contribution in [-0.2, 0) is 13.0 Å². The van der Waals surface area contributed by atoms with Crippen LogP contribution in [0.2, 0.25) is 0 Å². The van der Waals surface area contributed by atoms with Gasteiger partial charge < -0.3 is 9.63 Å². The predicted molar refractivity (Wildman–Crippen MR) is 81.1 cm³/mol. The molecule has 0 bridgehead atoms. The fraction of sp³-hybridized carbons (Fsp3) is 0.500. The lowest BCUT2D eigenvalue weighted by atomic mass is 10.1. The predicted octanol–water partition coefficient (Wildman–Crippen LogP) is 2.96.